The highest BCUT2D eigenvalue weighted by Crippen LogP contribution is 2.39. The number of carbonyl (C=O) groups is 1. The zero-order chi connectivity index (χ0) is 14.9. The third-order valence-corrected chi connectivity index (χ3v) is 3.34. The first kappa shape index (κ1) is 14.8. The van der Waals surface area contributed by atoms with Crippen LogP contribution < -0.4 is 5.32 Å². The Kier molecular flexibility index (Phi) is 4.28. The third kappa shape index (κ3) is 2.93. The van der Waals surface area contributed by atoms with E-state index in [1.54, 1.807) is 24.3 Å². The lowest BCUT2D eigenvalue weighted by Crippen LogP contribution is -2.12. The monoisotopic (exact) mass is 331 g/mol. The lowest BCUT2D eigenvalue weighted by atomic mass is 10.1. The Bertz CT molecular complexity index is 645. The van der Waals surface area contributed by atoms with Gasteiger partial charge < -0.3 is 15.5 Å². The first-order valence-corrected chi connectivity index (χ1v) is 6.50. The minimum Gasteiger partial charge on any atom is -0.505 e. The molecule has 0 aliphatic rings. The zero-order valence-electron chi connectivity index (χ0n) is 9.82. The van der Waals surface area contributed by atoms with Crippen molar-refractivity contribution < 1.29 is 15.0 Å². The van der Waals surface area contributed by atoms with Crippen LogP contribution in [0.5, 0.6) is 11.5 Å². The van der Waals surface area contributed by atoms with Crippen LogP contribution in [0.4, 0.5) is 5.69 Å². The molecule has 0 fully saturated rings. The summed E-state index contributed by atoms with van der Waals surface area (Å²) in [5, 5.41) is 22.3. The van der Waals surface area contributed by atoms with Gasteiger partial charge in [-0.1, -0.05) is 34.8 Å². The minimum atomic E-state index is -0.744. The molecule has 0 heterocycles. The number of benzene rings is 2. The molecule has 0 aliphatic heterocycles. The lowest BCUT2D eigenvalue weighted by molar-refractivity contribution is 0.102. The molecule has 0 saturated carbocycles. The Hall–Kier alpha value is -1.62. The predicted octanol–water partition coefficient (Wildman–Crippen LogP) is 4.31. The Morgan fingerprint density at radius 1 is 0.950 bits per heavy atom. The number of phenolic OH excluding ortho intramolecular Hbond substituents is 2. The fourth-order valence-electron chi connectivity index (χ4n) is 1.54. The molecule has 0 unspecified atom stereocenters. The summed E-state index contributed by atoms with van der Waals surface area (Å²) in [6.45, 7) is 0. The third-order valence-electron chi connectivity index (χ3n) is 2.51. The van der Waals surface area contributed by atoms with Crippen molar-refractivity contribution in [2.75, 3.05) is 5.32 Å². The average molecular weight is 333 g/mol. The standard InChI is InChI=1S/C13H8Cl3NO3/c14-6-1-3-7(4-2-6)17-13(20)10-11(18)8(15)5-9(16)12(10)19/h1-5,18-19H,(H,17,20). The normalized spacial score (nSPS) is 10.3. The van der Waals surface area contributed by atoms with Gasteiger partial charge in [-0.3, -0.25) is 4.79 Å². The van der Waals surface area contributed by atoms with Gasteiger partial charge in [0.1, 0.15) is 5.56 Å². The van der Waals surface area contributed by atoms with Crippen LogP contribution in [-0.4, -0.2) is 16.1 Å². The highest BCUT2D eigenvalue weighted by atomic mass is 35.5. The summed E-state index contributed by atoms with van der Waals surface area (Å²) < 4.78 is 0. The van der Waals surface area contributed by atoms with Gasteiger partial charge in [-0.15, -0.1) is 0 Å². The molecule has 0 atom stereocenters. The molecule has 2 rings (SSSR count). The van der Waals surface area contributed by atoms with E-state index in [1.807, 2.05) is 0 Å². The lowest BCUT2D eigenvalue weighted by Gasteiger charge is -2.11. The summed E-state index contributed by atoms with van der Waals surface area (Å²) in [7, 11) is 0. The predicted molar refractivity (Wildman–Crippen MR) is 79.2 cm³/mol. The highest BCUT2D eigenvalue weighted by molar-refractivity contribution is 6.37. The van der Waals surface area contributed by atoms with Gasteiger partial charge in [-0.2, -0.15) is 0 Å². The molecule has 7 heteroatoms. The fourth-order valence-corrected chi connectivity index (χ4v) is 2.13. The van der Waals surface area contributed by atoms with Crippen LogP contribution in [0.2, 0.25) is 15.1 Å². The first-order valence-electron chi connectivity index (χ1n) is 5.37. The highest BCUT2D eigenvalue weighted by Gasteiger charge is 2.22. The molecule has 0 saturated heterocycles. The number of carbonyl (C=O) groups excluding carboxylic acids is 1. The molecule has 0 aliphatic carbocycles. The average Bonchev–Trinajstić information content (AvgIpc) is 2.39. The molecule has 104 valence electrons. The van der Waals surface area contributed by atoms with E-state index in [9.17, 15) is 15.0 Å². The van der Waals surface area contributed by atoms with E-state index >= 15 is 0 Å². The Labute approximate surface area is 129 Å². The SMILES string of the molecule is O=C(Nc1ccc(Cl)cc1)c1c(O)c(Cl)cc(Cl)c1O. The van der Waals surface area contributed by atoms with Crippen molar-refractivity contribution in [1.29, 1.82) is 0 Å². The maximum absolute atomic E-state index is 12.1. The molecule has 0 radical (unpaired) electrons. The Balaban J connectivity index is 2.37. The van der Waals surface area contributed by atoms with E-state index in [-0.39, 0.29) is 10.0 Å². The number of aromatic hydroxyl groups is 2. The molecular formula is C13H8Cl3NO3. The van der Waals surface area contributed by atoms with Gasteiger partial charge in [-0.05, 0) is 30.3 Å². The molecular weight excluding hydrogens is 325 g/mol. The van der Waals surface area contributed by atoms with E-state index in [1.165, 1.54) is 0 Å². The second kappa shape index (κ2) is 5.79. The van der Waals surface area contributed by atoms with Crippen molar-refractivity contribution in [3.8, 4) is 11.5 Å². The maximum Gasteiger partial charge on any atom is 0.263 e. The second-order valence-electron chi connectivity index (χ2n) is 3.87. The number of halogens is 3. The van der Waals surface area contributed by atoms with Crippen molar-refractivity contribution in [2.24, 2.45) is 0 Å². The second-order valence-corrected chi connectivity index (χ2v) is 5.12. The molecule has 4 nitrogen and oxygen atoms in total. The smallest absolute Gasteiger partial charge is 0.263 e. The quantitative estimate of drug-likeness (QED) is 0.767. The number of nitrogens with one attached hydrogen (secondary N) is 1. The van der Waals surface area contributed by atoms with Crippen LogP contribution in [0.1, 0.15) is 10.4 Å². The van der Waals surface area contributed by atoms with Crippen LogP contribution in [0.15, 0.2) is 30.3 Å². The van der Waals surface area contributed by atoms with Gasteiger partial charge in [0.15, 0.2) is 11.5 Å². The minimum absolute atomic E-state index is 0.131. The van der Waals surface area contributed by atoms with Gasteiger partial charge in [-0.25, -0.2) is 0 Å². The van der Waals surface area contributed by atoms with Crippen LogP contribution in [-0.2, 0) is 0 Å². The fraction of sp³-hybridized carbons (Fsp3) is 0. The first-order chi connectivity index (χ1) is 9.40. The number of hydrogen-bond acceptors (Lipinski definition) is 3. The Morgan fingerprint density at radius 3 is 1.95 bits per heavy atom. The molecule has 0 spiro atoms. The summed E-state index contributed by atoms with van der Waals surface area (Å²) in [4.78, 5) is 12.1. The van der Waals surface area contributed by atoms with Gasteiger partial charge in [0, 0.05) is 10.7 Å². The summed E-state index contributed by atoms with van der Waals surface area (Å²) in [5.74, 6) is -1.83. The zero-order valence-corrected chi connectivity index (χ0v) is 12.1. The molecule has 3 N–H and O–H groups in total. The number of amides is 1. The van der Waals surface area contributed by atoms with Crippen LogP contribution >= 0.6 is 34.8 Å². The van der Waals surface area contributed by atoms with Gasteiger partial charge >= 0.3 is 0 Å². The number of rotatable bonds is 2. The van der Waals surface area contributed by atoms with Crippen molar-refractivity contribution in [2.45, 2.75) is 0 Å². The molecule has 2 aromatic carbocycles. The summed E-state index contributed by atoms with van der Waals surface area (Å²) >= 11 is 17.2. The van der Waals surface area contributed by atoms with E-state index in [2.05, 4.69) is 5.32 Å². The van der Waals surface area contributed by atoms with E-state index < -0.39 is 23.0 Å². The van der Waals surface area contributed by atoms with Crippen LogP contribution in [0, 0.1) is 0 Å². The van der Waals surface area contributed by atoms with E-state index in [0.29, 0.717) is 10.7 Å². The number of phenols is 2. The van der Waals surface area contributed by atoms with Crippen molar-refractivity contribution in [3.63, 3.8) is 0 Å². The summed E-state index contributed by atoms with van der Waals surface area (Å²) in [6, 6.07) is 7.46. The number of hydrogen-bond donors (Lipinski definition) is 3. The maximum atomic E-state index is 12.1. The van der Waals surface area contributed by atoms with Gasteiger partial charge in [0.05, 0.1) is 10.0 Å². The summed E-state index contributed by atoms with van der Waals surface area (Å²) in [5.41, 5.74) is 0.0479. The molecule has 2 aromatic rings. The summed E-state index contributed by atoms with van der Waals surface area (Å²) in [6.07, 6.45) is 0. The molecule has 0 bridgehead atoms. The van der Waals surface area contributed by atoms with Crippen LogP contribution in [0.25, 0.3) is 0 Å². The largest absolute Gasteiger partial charge is 0.505 e. The van der Waals surface area contributed by atoms with Crippen molar-refractivity contribution in [3.05, 3.63) is 51.0 Å². The van der Waals surface area contributed by atoms with Crippen LogP contribution in [0.3, 0.4) is 0 Å². The molecule has 1 amide bonds. The van der Waals surface area contributed by atoms with Gasteiger partial charge in [0.2, 0.25) is 0 Å². The topological polar surface area (TPSA) is 69.6 Å². The van der Waals surface area contributed by atoms with Gasteiger partial charge in [0.25, 0.3) is 5.91 Å². The van der Waals surface area contributed by atoms with E-state index in [0.717, 1.165) is 6.07 Å². The molecule has 0 aromatic heterocycles. The van der Waals surface area contributed by atoms with Crippen molar-refractivity contribution >= 4 is 46.4 Å². The molecule has 20 heavy (non-hydrogen) atoms. The van der Waals surface area contributed by atoms with Crippen molar-refractivity contribution in [1.82, 2.24) is 0 Å². The number of anilines is 1. The van der Waals surface area contributed by atoms with E-state index in [4.69, 9.17) is 34.8 Å². The Morgan fingerprint density at radius 2 is 1.45 bits per heavy atom.